The van der Waals surface area contributed by atoms with Gasteiger partial charge in [-0.05, 0) is 23.4 Å². The number of aromatic nitrogens is 4. The number of H-pyrrole nitrogens is 1. The number of hydrogen-bond acceptors (Lipinski definition) is 4. The van der Waals surface area contributed by atoms with Crippen LogP contribution in [0.5, 0.6) is 0 Å². The predicted molar refractivity (Wildman–Crippen MR) is 73.9 cm³/mol. The fourth-order valence-corrected chi connectivity index (χ4v) is 2.17. The van der Waals surface area contributed by atoms with Crippen molar-refractivity contribution in [2.24, 2.45) is 5.41 Å². The number of nitrogens with zero attached hydrogens (tertiary/aromatic N) is 3. The second kappa shape index (κ2) is 4.72. The molecule has 0 saturated heterocycles. The molecule has 0 aliphatic carbocycles. The van der Waals surface area contributed by atoms with E-state index < -0.39 is 0 Å². The molecule has 1 atom stereocenters. The number of hydrogen-bond donors (Lipinski definition) is 2. The van der Waals surface area contributed by atoms with Gasteiger partial charge in [-0.15, -0.1) is 0 Å². The van der Waals surface area contributed by atoms with Crippen molar-refractivity contribution in [3.63, 3.8) is 0 Å². The lowest BCUT2D eigenvalue weighted by atomic mass is 9.85. The lowest BCUT2D eigenvalue weighted by molar-refractivity contribution is 0.333. The SMILES string of the molecule is CC[C@@H](Nc1nc(Cl)nc2nc[nH]c12)C(C)(C)C. The summed E-state index contributed by atoms with van der Waals surface area (Å²) in [6.07, 6.45) is 2.60. The molecule has 0 unspecified atom stereocenters. The molecule has 0 spiro atoms. The van der Waals surface area contributed by atoms with Crippen LogP contribution in [0.4, 0.5) is 5.82 Å². The first-order chi connectivity index (χ1) is 8.41. The third kappa shape index (κ3) is 2.56. The van der Waals surface area contributed by atoms with Gasteiger partial charge in [-0.1, -0.05) is 27.7 Å². The Kier molecular flexibility index (Phi) is 3.43. The second-order valence-corrected chi connectivity index (χ2v) is 5.75. The van der Waals surface area contributed by atoms with Crippen molar-refractivity contribution in [1.82, 2.24) is 19.9 Å². The molecule has 0 aromatic carbocycles. The molecule has 2 N–H and O–H groups in total. The Balaban J connectivity index is 2.39. The van der Waals surface area contributed by atoms with Gasteiger partial charge in [0.1, 0.15) is 5.52 Å². The van der Waals surface area contributed by atoms with Crippen LogP contribution in [0.15, 0.2) is 6.33 Å². The normalized spacial score (nSPS) is 13.8. The molecule has 0 saturated carbocycles. The van der Waals surface area contributed by atoms with Crippen molar-refractivity contribution < 1.29 is 0 Å². The average Bonchev–Trinajstić information content (AvgIpc) is 2.71. The summed E-state index contributed by atoms with van der Waals surface area (Å²) in [4.78, 5) is 15.5. The smallest absolute Gasteiger partial charge is 0.226 e. The van der Waals surface area contributed by atoms with Crippen molar-refractivity contribution in [3.8, 4) is 0 Å². The van der Waals surface area contributed by atoms with E-state index in [1.165, 1.54) is 0 Å². The summed E-state index contributed by atoms with van der Waals surface area (Å²) >= 11 is 5.91. The fraction of sp³-hybridized carbons (Fsp3) is 0.583. The molecule has 5 nitrogen and oxygen atoms in total. The largest absolute Gasteiger partial charge is 0.365 e. The van der Waals surface area contributed by atoms with Crippen LogP contribution in [0.3, 0.4) is 0 Å². The van der Waals surface area contributed by atoms with Crippen LogP contribution < -0.4 is 5.32 Å². The van der Waals surface area contributed by atoms with Crippen molar-refractivity contribution in [3.05, 3.63) is 11.6 Å². The summed E-state index contributed by atoms with van der Waals surface area (Å²) in [5, 5.41) is 3.64. The number of nitrogens with one attached hydrogen (secondary N) is 2. The maximum atomic E-state index is 5.91. The average molecular weight is 268 g/mol. The Morgan fingerprint density at radius 2 is 2.11 bits per heavy atom. The molecule has 0 bridgehead atoms. The molecule has 2 aromatic heterocycles. The Labute approximate surface area is 111 Å². The fourth-order valence-electron chi connectivity index (χ4n) is 2.01. The summed E-state index contributed by atoms with van der Waals surface area (Å²) in [5.41, 5.74) is 1.52. The highest BCUT2D eigenvalue weighted by atomic mass is 35.5. The first-order valence-electron chi connectivity index (χ1n) is 6.05. The molecular weight excluding hydrogens is 250 g/mol. The van der Waals surface area contributed by atoms with E-state index in [1.54, 1.807) is 6.33 Å². The van der Waals surface area contributed by atoms with Crippen LogP contribution >= 0.6 is 11.6 Å². The van der Waals surface area contributed by atoms with Crippen molar-refractivity contribution in [1.29, 1.82) is 0 Å². The number of rotatable bonds is 3. The Hall–Kier alpha value is -1.36. The third-order valence-electron chi connectivity index (χ3n) is 3.02. The molecule has 0 radical (unpaired) electrons. The zero-order chi connectivity index (χ0) is 13.3. The minimum atomic E-state index is 0.137. The maximum absolute atomic E-state index is 5.91. The molecule has 2 heterocycles. The first-order valence-corrected chi connectivity index (χ1v) is 6.42. The summed E-state index contributed by atoms with van der Waals surface area (Å²) in [7, 11) is 0. The summed E-state index contributed by atoms with van der Waals surface area (Å²) in [6, 6.07) is 0.301. The van der Waals surface area contributed by atoms with Gasteiger partial charge in [-0.25, -0.2) is 4.98 Å². The van der Waals surface area contributed by atoms with Crippen LogP contribution in [-0.4, -0.2) is 26.0 Å². The van der Waals surface area contributed by atoms with Gasteiger partial charge >= 0.3 is 0 Å². The van der Waals surface area contributed by atoms with Crippen molar-refractivity contribution >= 4 is 28.6 Å². The molecule has 98 valence electrons. The second-order valence-electron chi connectivity index (χ2n) is 5.41. The van der Waals surface area contributed by atoms with E-state index in [0.29, 0.717) is 17.5 Å². The van der Waals surface area contributed by atoms with Crippen molar-refractivity contribution in [2.45, 2.75) is 40.2 Å². The molecule has 6 heteroatoms. The maximum Gasteiger partial charge on any atom is 0.226 e. The molecular formula is C12H18ClN5. The zero-order valence-electron chi connectivity index (χ0n) is 11.1. The van der Waals surface area contributed by atoms with Gasteiger partial charge in [0, 0.05) is 6.04 Å². The number of halogens is 1. The van der Waals surface area contributed by atoms with Gasteiger partial charge in [0.2, 0.25) is 5.28 Å². The number of anilines is 1. The highest BCUT2D eigenvalue weighted by molar-refractivity contribution is 6.28. The summed E-state index contributed by atoms with van der Waals surface area (Å²) in [5.74, 6) is 0.712. The van der Waals surface area contributed by atoms with E-state index in [0.717, 1.165) is 11.9 Å². The van der Waals surface area contributed by atoms with E-state index in [9.17, 15) is 0 Å². The van der Waals surface area contributed by atoms with Crippen molar-refractivity contribution in [2.75, 3.05) is 5.32 Å². The van der Waals surface area contributed by atoms with E-state index in [1.807, 2.05) is 0 Å². The van der Waals surface area contributed by atoms with Gasteiger partial charge in [-0.3, -0.25) is 0 Å². The zero-order valence-corrected chi connectivity index (χ0v) is 11.8. The number of fused-ring (bicyclic) bond motifs is 1. The van der Waals surface area contributed by atoms with Gasteiger partial charge in [0.25, 0.3) is 0 Å². The highest BCUT2D eigenvalue weighted by Gasteiger charge is 2.24. The monoisotopic (exact) mass is 267 g/mol. The van der Waals surface area contributed by atoms with E-state index in [-0.39, 0.29) is 10.7 Å². The van der Waals surface area contributed by atoms with Gasteiger partial charge in [-0.2, -0.15) is 9.97 Å². The topological polar surface area (TPSA) is 66.5 Å². The van der Waals surface area contributed by atoms with E-state index in [4.69, 9.17) is 11.6 Å². The Morgan fingerprint density at radius 3 is 2.72 bits per heavy atom. The molecule has 0 fully saturated rings. The molecule has 0 amide bonds. The van der Waals surface area contributed by atoms with Crippen LogP contribution in [-0.2, 0) is 0 Å². The quantitative estimate of drug-likeness (QED) is 0.838. The van der Waals surface area contributed by atoms with Gasteiger partial charge in [0.15, 0.2) is 11.5 Å². The molecule has 0 aliphatic heterocycles. The van der Waals surface area contributed by atoms with E-state index in [2.05, 4.69) is 52.9 Å². The number of aromatic amines is 1. The summed E-state index contributed by atoms with van der Waals surface area (Å²) in [6.45, 7) is 8.74. The van der Waals surface area contributed by atoms with Crippen LogP contribution in [0.25, 0.3) is 11.2 Å². The van der Waals surface area contributed by atoms with Gasteiger partial charge in [0.05, 0.1) is 6.33 Å². The van der Waals surface area contributed by atoms with Crippen LogP contribution in [0, 0.1) is 5.41 Å². The molecule has 2 aromatic rings. The minimum Gasteiger partial charge on any atom is -0.365 e. The molecule has 0 aliphatic rings. The molecule has 18 heavy (non-hydrogen) atoms. The van der Waals surface area contributed by atoms with Crippen LogP contribution in [0.2, 0.25) is 5.28 Å². The number of imidazole rings is 1. The van der Waals surface area contributed by atoms with E-state index >= 15 is 0 Å². The lowest BCUT2D eigenvalue weighted by Crippen LogP contribution is -2.33. The minimum absolute atomic E-state index is 0.137. The Morgan fingerprint density at radius 1 is 1.39 bits per heavy atom. The summed E-state index contributed by atoms with van der Waals surface area (Å²) < 4.78 is 0. The lowest BCUT2D eigenvalue weighted by Gasteiger charge is -2.31. The standard InChI is InChI=1S/C12H18ClN5/c1-5-7(12(2,3)4)16-10-8-9(15-6-14-8)17-11(13)18-10/h6-7H,5H2,1-4H3,(H2,14,15,16,17,18)/t7-/m1/s1. The third-order valence-corrected chi connectivity index (χ3v) is 3.19. The Bertz CT molecular complexity index is 543. The predicted octanol–water partition coefficient (Wildman–Crippen LogP) is 3.24. The highest BCUT2D eigenvalue weighted by Crippen LogP contribution is 2.27. The molecule has 2 rings (SSSR count). The van der Waals surface area contributed by atoms with Crippen LogP contribution in [0.1, 0.15) is 34.1 Å². The van der Waals surface area contributed by atoms with Gasteiger partial charge < -0.3 is 10.3 Å². The first kappa shape index (κ1) is 13.1.